The van der Waals surface area contributed by atoms with Gasteiger partial charge in [0.2, 0.25) is 0 Å². The summed E-state index contributed by atoms with van der Waals surface area (Å²) in [4.78, 5) is 26.1. The van der Waals surface area contributed by atoms with Crippen molar-refractivity contribution in [2.45, 2.75) is 19.0 Å². The molecule has 130 valence electrons. The summed E-state index contributed by atoms with van der Waals surface area (Å²) < 4.78 is 10.5. The summed E-state index contributed by atoms with van der Waals surface area (Å²) in [6, 6.07) is 14.0. The minimum atomic E-state index is -0.550. The topological polar surface area (TPSA) is 67.9 Å². The fourth-order valence-electron chi connectivity index (χ4n) is 2.89. The Balaban J connectivity index is 1.77. The first-order valence-corrected chi connectivity index (χ1v) is 7.99. The highest BCUT2D eigenvalue weighted by Crippen LogP contribution is 2.26. The maximum absolute atomic E-state index is 12.6. The minimum Gasteiger partial charge on any atom is -0.497 e. The van der Waals surface area contributed by atoms with Crippen LogP contribution in [0, 0.1) is 0 Å². The van der Waals surface area contributed by atoms with Crippen LogP contribution in [0.15, 0.2) is 48.5 Å². The van der Waals surface area contributed by atoms with Crippen molar-refractivity contribution in [3.63, 3.8) is 0 Å². The lowest BCUT2D eigenvalue weighted by molar-refractivity contribution is -0.127. The number of urea groups is 1. The van der Waals surface area contributed by atoms with Crippen LogP contribution in [0.1, 0.15) is 11.1 Å². The molecule has 2 aromatic carbocycles. The fraction of sp³-hybridized carbons (Fsp3) is 0.263. The number of imide groups is 1. The minimum absolute atomic E-state index is 0.135. The molecule has 25 heavy (non-hydrogen) atoms. The van der Waals surface area contributed by atoms with Gasteiger partial charge in [0.05, 0.1) is 20.8 Å². The van der Waals surface area contributed by atoms with Gasteiger partial charge in [-0.1, -0.05) is 30.3 Å². The summed E-state index contributed by atoms with van der Waals surface area (Å²) >= 11 is 0. The Labute approximate surface area is 146 Å². The van der Waals surface area contributed by atoms with Crippen LogP contribution in [-0.4, -0.2) is 37.1 Å². The van der Waals surface area contributed by atoms with Crippen LogP contribution in [0.3, 0.4) is 0 Å². The van der Waals surface area contributed by atoms with E-state index in [-0.39, 0.29) is 12.5 Å². The van der Waals surface area contributed by atoms with Crippen molar-refractivity contribution in [1.29, 1.82) is 0 Å². The molecule has 1 aliphatic rings. The molecule has 1 saturated heterocycles. The van der Waals surface area contributed by atoms with Gasteiger partial charge in [-0.05, 0) is 23.8 Å². The molecule has 6 heteroatoms. The lowest BCUT2D eigenvalue weighted by Gasteiger charge is -2.16. The number of ether oxygens (including phenoxy) is 2. The van der Waals surface area contributed by atoms with E-state index in [4.69, 9.17) is 9.47 Å². The van der Waals surface area contributed by atoms with E-state index in [9.17, 15) is 9.59 Å². The number of nitrogens with one attached hydrogen (secondary N) is 1. The van der Waals surface area contributed by atoms with E-state index >= 15 is 0 Å². The molecule has 6 nitrogen and oxygen atoms in total. The Morgan fingerprint density at radius 3 is 2.48 bits per heavy atom. The van der Waals surface area contributed by atoms with Gasteiger partial charge in [-0.3, -0.25) is 9.69 Å². The second kappa shape index (κ2) is 7.25. The SMILES string of the molecule is COc1ccc(OC)c(CN2C(=O)N[C@@H](Cc3ccccc3)C2=O)c1. The van der Waals surface area contributed by atoms with Gasteiger partial charge < -0.3 is 14.8 Å². The van der Waals surface area contributed by atoms with Crippen LogP contribution >= 0.6 is 0 Å². The van der Waals surface area contributed by atoms with Crippen LogP contribution < -0.4 is 14.8 Å². The van der Waals surface area contributed by atoms with E-state index < -0.39 is 12.1 Å². The first-order valence-electron chi connectivity index (χ1n) is 7.99. The summed E-state index contributed by atoms with van der Waals surface area (Å²) in [5.74, 6) is 1.01. The van der Waals surface area contributed by atoms with Crippen LogP contribution in [-0.2, 0) is 17.8 Å². The second-order valence-electron chi connectivity index (χ2n) is 5.79. The number of methoxy groups -OCH3 is 2. The molecule has 1 heterocycles. The number of rotatable bonds is 6. The van der Waals surface area contributed by atoms with E-state index in [1.54, 1.807) is 32.4 Å². The van der Waals surface area contributed by atoms with Crippen molar-refractivity contribution in [2.75, 3.05) is 14.2 Å². The van der Waals surface area contributed by atoms with Crippen molar-refractivity contribution >= 4 is 11.9 Å². The molecule has 3 rings (SSSR count). The highest BCUT2D eigenvalue weighted by molar-refractivity contribution is 6.04. The first-order chi connectivity index (χ1) is 12.1. The molecule has 0 unspecified atom stereocenters. The zero-order valence-corrected chi connectivity index (χ0v) is 14.2. The smallest absolute Gasteiger partial charge is 0.325 e. The average Bonchev–Trinajstić information content (AvgIpc) is 2.90. The summed E-state index contributed by atoms with van der Waals surface area (Å²) in [7, 11) is 3.12. The van der Waals surface area contributed by atoms with Crippen LogP contribution in [0.2, 0.25) is 0 Å². The number of amides is 3. The van der Waals surface area contributed by atoms with Crippen molar-refractivity contribution in [1.82, 2.24) is 10.2 Å². The molecular formula is C19H20N2O4. The molecule has 0 bridgehead atoms. The third-order valence-electron chi connectivity index (χ3n) is 4.21. The average molecular weight is 340 g/mol. The van der Waals surface area contributed by atoms with Gasteiger partial charge in [0.15, 0.2) is 0 Å². The van der Waals surface area contributed by atoms with E-state index in [1.165, 1.54) is 4.90 Å². The van der Waals surface area contributed by atoms with Crippen LogP contribution in [0.5, 0.6) is 11.5 Å². The Morgan fingerprint density at radius 1 is 1.04 bits per heavy atom. The number of benzene rings is 2. The third-order valence-corrected chi connectivity index (χ3v) is 4.21. The number of carbonyl (C=O) groups excluding carboxylic acids is 2. The molecule has 0 aliphatic carbocycles. The fourth-order valence-corrected chi connectivity index (χ4v) is 2.89. The predicted molar refractivity (Wildman–Crippen MR) is 92.6 cm³/mol. The zero-order chi connectivity index (χ0) is 17.8. The van der Waals surface area contributed by atoms with Crippen molar-refractivity contribution in [2.24, 2.45) is 0 Å². The first kappa shape index (κ1) is 16.8. The lowest BCUT2D eigenvalue weighted by atomic mass is 10.1. The van der Waals surface area contributed by atoms with Gasteiger partial charge in [-0.2, -0.15) is 0 Å². The summed E-state index contributed by atoms with van der Waals surface area (Å²) in [5.41, 5.74) is 1.72. The molecule has 3 amide bonds. The number of hydrogen-bond donors (Lipinski definition) is 1. The monoisotopic (exact) mass is 340 g/mol. The molecule has 0 aromatic heterocycles. The van der Waals surface area contributed by atoms with Crippen LogP contribution in [0.4, 0.5) is 4.79 Å². The van der Waals surface area contributed by atoms with Crippen molar-refractivity contribution in [3.05, 3.63) is 59.7 Å². The highest BCUT2D eigenvalue weighted by Gasteiger charge is 2.38. The maximum atomic E-state index is 12.6. The Hall–Kier alpha value is -3.02. The normalized spacial score (nSPS) is 16.7. The predicted octanol–water partition coefficient (Wildman–Crippen LogP) is 2.37. The van der Waals surface area contributed by atoms with E-state index in [2.05, 4.69) is 5.32 Å². The summed E-state index contributed by atoms with van der Waals surface area (Å²) in [5, 5.41) is 2.75. The molecule has 1 atom stereocenters. The van der Waals surface area contributed by atoms with Crippen molar-refractivity contribution in [3.8, 4) is 11.5 Å². The molecule has 0 radical (unpaired) electrons. The second-order valence-corrected chi connectivity index (χ2v) is 5.79. The molecule has 0 spiro atoms. The largest absolute Gasteiger partial charge is 0.497 e. The molecule has 2 aromatic rings. The molecule has 1 N–H and O–H groups in total. The molecule has 1 aliphatic heterocycles. The Bertz CT molecular complexity index is 776. The van der Waals surface area contributed by atoms with Gasteiger partial charge in [0.25, 0.3) is 5.91 Å². The van der Waals surface area contributed by atoms with Gasteiger partial charge in [-0.15, -0.1) is 0 Å². The number of nitrogens with zero attached hydrogens (tertiary/aromatic N) is 1. The summed E-state index contributed by atoms with van der Waals surface area (Å²) in [6.45, 7) is 0.135. The van der Waals surface area contributed by atoms with Gasteiger partial charge in [-0.25, -0.2) is 4.79 Å². The van der Waals surface area contributed by atoms with Gasteiger partial charge in [0, 0.05) is 12.0 Å². The zero-order valence-electron chi connectivity index (χ0n) is 14.2. The molecule has 0 saturated carbocycles. The van der Waals surface area contributed by atoms with E-state index in [0.29, 0.717) is 23.5 Å². The lowest BCUT2D eigenvalue weighted by Crippen LogP contribution is -2.32. The van der Waals surface area contributed by atoms with Gasteiger partial charge in [0.1, 0.15) is 17.5 Å². The Morgan fingerprint density at radius 2 is 1.80 bits per heavy atom. The van der Waals surface area contributed by atoms with E-state index in [1.807, 2.05) is 30.3 Å². The summed E-state index contributed by atoms with van der Waals surface area (Å²) in [6.07, 6.45) is 0.469. The third kappa shape index (κ3) is 3.57. The highest BCUT2D eigenvalue weighted by atomic mass is 16.5. The number of carbonyl (C=O) groups is 2. The quantitative estimate of drug-likeness (QED) is 0.820. The standard InChI is InChI=1S/C19H20N2O4/c1-24-15-8-9-17(25-2)14(11-15)12-21-18(22)16(20-19(21)23)10-13-6-4-3-5-7-13/h3-9,11,16H,10,12H2,1-2H3,(H,20,23)/t16-/m0/s1. The number of hydrogen-bond acceptors (Lipinski definition) is 4. The van der Waals surface area contributed by atoms with Gasteiger partial charge >= 0.3 is 6.03 Å². The molecular weight excluding hydrogens is 320 g/mol. The van der Waals surface area contributed by atoms with Crippen LogP contribution in [0.25, 0.3) is 0 Å². The van der Waals surface area contributed by atoms with Crippen molar-refractivity contribution < 1.29 is 19.1 Å². The maximum Gasteiger partial charge on any atom is 0.325 e. The van der Waals surface area contributed by atoms with E-state index in [0.717, 1.165) is 5.56 Å². The molecule has 1 fully saturated rings. The Kier molecular flexibility index (Phi) is 4.88.